The molecule has 2 aromatic heterocycles. The second kappa shape index (κ2) is 11.1. The van der Waals surface area contributed by atoms with Gasteiger partial charge in [0.25, 0.3) is 0 Å². The number of H-pyrrole nitrogens is 1. The Balaban J connectivity index is 0.000000288. The molecule has 2 heterocycles. The van der Waals surface area contributed by atoms with E-state index in [1.165, 1.54) is 25.0 Å². The molecule has 0 aromatic carbocycles. The van der Waals surface area contributed by atoms with Gasteiger partial charge in [-0.1, -0.05) is 19.4 Å². The summed E-state index contributed by atoms with van der Waals surface area (Å²) in [7, 11) is -6.00. The molecule has 0 aliphatic carbocycles. The highest BCUT2D eigenvalue weighted by molar-refractivity contribution is 6.50. The van der Waals surface area contributed by atoms with Gasteiger partial charge in [0.1, 0.15) is 0 Å². The maximum absolute atomic E-state index is 9.75. The first-order valence-electron chi connectivity index (χ1n) is 6.28. The molecule has 0 unspecified atom stereocenters. The molecule has 0 saturated carbocycles. The molecule has 0 radical (unpaired) electrons. The van der Waals surface area contributed by atoms with Gasteiger partial charge in [0, 0.05) is 24.3 Å². The van der Waals surface area contributed by atoms with Gasteiger partial charge in [0.15, 0.2) is 0 Å². The lowest BCUT2D eigenvalue weighted by atomic mass is 10.2. The SMILES string of the molecule is CCCCc1ccc[nH]1.F[B-](F)(F)F.c1ccncc1. The Labute approximate surface area is 116 Å². The number of pyridine rings is 1. The summed E-state index contributed by atoms with van der Waals surface area (Å²) in [5.74, 6) is 0. The summed E-state index contributed by atoms with van der Waals surface area (Å²) in [4.78, 5) is 6.96. The van der Waals surface area contributed by atoms with Crippen LogP contribution in [-0.4, -0.2) is 17.2 Å². The standard InChI is InChI=1S/C8H13N.C5H5N.BF4/c1-2-3-5-8-6-4-7-9-8;1-2-4-6-5-3-1;2-1(3,4)5/h4,6-7,9H,2-3,5H2,1H3;1-5H;/q;;-1. The number of rotatable bonds is 3. The molecule has 1 N–H and O–H groups in total. The highest BCUT2D eigenvalue weighted by atomic mass is 19.5. The number of aromatic amines is 1. The largest absolute Gasteiger partial charge is 0.673 e. The normalized spacial score (nSPS) is 9.85. The Hall–Kier alpha value is -1.79. The second-order valence-corrected chi connectivity index (χ2v) is 3.82. The molecule has 0 fully saturated rings. The summed E-state index contributed by atoms with van der Waals surface area (Å²) >= 11 is 0. The van der Waals surface area contributed by atoms with Crippen LogP contribution in [0.2, 0.25) is 0 Å². The molecule has 0 aliphatic heterocycles. The lowest BCUT2D eigenvalue weighted by Gasteiger charge is -1.94. The summed E-state index contributed by atoms with van der Waals surface area (Å²) < 4.78 is 39.0. The van der Waals surface area contributed by atoms with E-state index in [-0.39, 0.29) is 0 Å². The van der Waals surface area contributed by atoms with Crippen LogP contribution in [0.3, 0.4) is 0 Å². The fourth-order valence-electron chi connectivity index (χ4n) is 1.20. The maximum atomic E-state index is 9.75. The van der Waals surface area contributed by atoms with Gasteiger partial charge in [-0.25, -0.2) is 0 Å². The number of nitrogens with zero attached hydrogens (tertiary/aromatic N) is 1. The first-order valence-corrected chi connectivity index (χ1v) is 6.28. The van der Waals surface area contributed by atoms with Crippen LogP contribution in [0.4, 0.5) is 17.3 Å². The van der Waals surface area contributed by atoms with E-state index < -0.39 is 7.25 Å². The molecule has 0 amide bonds. The zero-order valence-corrected chi connectivity index (χ0v) is 11.3. The van der Waals surface area contributed by atoms with Crippen molar-refractivity contribution in [3.05, 3.63) is 54.6 Å². The van der Waals surface area contributed by atoms with Gasteiger partial charge in [-0.15, -0.1) is 0 Å². The van der Waals surface area contributed by atoms with E-state index in [0.29, 0.717) is 0 Å². The van der Waals surface area contributed by atoms with Gasteiger partial charge in [0.05, 0.1) is 0 Å². The van der Waals surface area contributed by atoms with E-state index in [1.807, 2.05) is 30.5 Å². The number of hydrogen-bond donors (Lipinski definition) is 1. The van der Waals surface area contributed by atoms with Crippen molar-refractivity contribution in [3.8, 4) is 0 Å². The van der Waals surface area contributed by atoms with E-state index in [2.05, 4.69) is 23.0 Å². The van der Waals surface area contributed by atoms with Crippen molar-refractivity contribution in [1.29, 1.82) is 0 Å². The molecule has 7 heteroatoms. The Bertz CT molecular complexity index is 371. The molecule has 0 atom stereocenters. The van der Waals surface area contributed by atoms with Crippen LogP contribution in [0.5, 0.6) is 0 Å². The lowest BCUT2D eigenvalue weighted by molar-refractivity contribution is 0.368. The molecule has 0 saturated heterocycles. The van der Waals surface area contributed by atoms with Crippen molar-refractivity contribution in [1.82, 2.24) is 9.97 Å². The third-order valence-corrected chi connectivity index (χ3v) is 2.03. The smallest absolute Gasteiger partial charge is 0.418 e. The van der Waals surface area contributed by atoms with Crippen molar-refractivity contribution < 1.29 is 17.3 Å². The minimum Gasteiger partial charge on any atom is -0.418 e. The second-order valence-electron chi connectivity index (χ2n) is 3.82. The fourth-order valence-corrected chi connectivity index (χ4v) is 1.20. The summed E-state index contributed by atoms with van der Waals surface area (Å²) in [6, 6.07) is 9.90. The predicted octanol–water partition coefficient (Wildman–Crippen LogP) is 4.74. The highest BCUT2D eigenvalue weighted by Crippen LogP contribution is 2.06. The number of halogens is 4. The van der Waals surface area contributed by atoms with E-state index in [4.69, 9.17) is 0 Å². The van der Waals surface area contributed by atoms with Crippen molar-refractivity contribution in [2.75, 3.05) is 0 Å². The Morgan fingerprint density at radius 2 is 1.65 bits per heavy atom. The van der Waals surface area contributed by atoms with Gasteiger partial charge >= 0.3 is 7.25 Å². The van der Waals surface area contributed by atoms with Crippen molar-refractivity contribution in [2.24, 2.45) is 0 Å². The lowest BCUT2D eigenvalue weighted by Crippen LogP contribution is -2.02. The quantitative estimate of drug-likeness (QED) is 0.641. The molecule has 2 aromatic rings. The number of hydrogen-bond acceptors (Lipinski definition) is 1. The van der Waals surface area contributed by atoms with Gasteiger partial charge in [-0.2, -0.15) is 0 Å². The molecule has 112 valence electrons. The number of nitrogens with one attached hydrogen (secondary N) is 1. The van der Waals surface area contributed by atoms with Crippen LogP contribution in [-0.2, 0) is 6.42 Å². The molecule has 2 rings (SSSR count). The Morgan fingerprint density at radius 3 is 1.95 bits per heavy atom. The molecule has 0 bridgehead atoms. The van der Waals surface area contributed by atoms with Crippen molar-refractivity contribution in [3.63, 3.8) is 0 Å². The number of unbranched alkanes of at least 4 members (excludes halogenated alkanes) is 1. The van der Waals surface area contributed by atoms with Gasteiger partial charge < -0.3 is 22.2 Å². The van der Waals surface area contributed by atoms with Crippen LogP contribution in [0.1, 0.15) is 25.5 Å². The van der Waals surface area contributed by atoms with E-state index in [0.717, 1.165) is 0 Å². The number of aromatic nitrogens is 2. The molecular formula is C13H18BF4N2-. The Morgan fingerprint density at radius 1 is 1.05 bits per heavy atom. The van der Waals surface area contributed by atoms with Gasteiger partial charge in [-0.3, -0.25) is 4.98 Å². The minimum absolute atomic E-state index is 1.20. The number of aryl methyl sites for hydroxylation is 1. The average Bonchev–Trinajstić information content (AvgIpc) is 2.90. The maximum Gasteiger partial charge on any atom is 0.673 e. The van der Waals surface area contributed by atoms with Crippen molar-refractivity contribution >= 4 is 7.25 Å². The van der Waals surface area contributed by atoms with Crippen LogP contribution in [0, 0.1) is 0 Å². The highest BCUT2D eigenvalue weighted by Gasteiger charge is 2.20. The predicted molar refractivity (Wildman–Crippen MR) is 73.8 cm³/mol. The van der Waals surface area contributed by atoms with E-state index in [9.17, 15) is 17.3 Å². The third-order valence-electron chi connectivity index (χ3n) is 2.03. The molecular weight excluding hydrogens is 271 g/mol. The monoisotopic (exact) mass is 289 g/mol. The fraction of sp³-hybridized carbons (Fsp3) is 0.308. The van der Waals surface area contributed by atoms with Crippen LogP contribution < -0.4 is 0 Å². The van der Waals surface area contributed by atoms with E-state index in [1.54, 1.807) is 12.4 Å². The van der Waals surface area contributed by atoms with Crippen LogP contribution in [0.15, 0.2) is 48.9 Å². The van der Waals surface area contributed by atoms with Gasteiger partial charge in [-0.05, 0) is 37.1 Å². The zero-order chi connectivity index (χ0) is 15.3. The Kier molecular flexibility index (Phi) is 10.1. The molecule has 2 nitrogen and oxygen atoms in total. The summed E-state index contributed by atoms with van der Waals surface area (Å²) in [6.45, 7) is 2.21. The molecule has 20 heavy (non-hydrogen) atoms. The van der Waals surface area contributed by atoms with Crippen LogP contribution >= 0.6 is 0 Å². The topological polar surface area (TPSA) is 28.7 Å². The average molecular weight is 289 g/mol. The summed E-state index contributed by atoms with van der Waals surface area (Å²) in [5.41, 5.74) is 1.36. The van der Waals surface area contributed by atoms with E-state index >= 15 is 0 Å². The molecule has 0 aliphatic rings. The zero-order valence-electron chi connectivity index (χ0n) is 11.3. The summed E-state index contributed by atoms with van der Waals surface area (Å²) in [5, 5.41) is 0. The first-order chi connectivity index (χ1) is 9.43. The third kappa shape index (κ3) is 16.2. The van der Waals surface area contributed by atoms with Crippen molar-refractivity contribution in [2.45, 2.75) is 26.2 Å². The molecule has 0 spiro atoms. The summed E-state index contributed by atoms with van der Waals surface area (Å²) in [6.07, 6.45) is 9.24. The first kappa shape index (κ1) is 18.2. The minimum atomic E-state index is -6.00. The van der Waals surface area contributed by atoms with Crippen LogP contribution in [0.25, 0.3) is 0 Å². The van der Waals surface area contributed by atoms with Gasteiger partial charge in [0.2, 0.25) is 0 Å².